The van der Waals surface area contributed by atoms with Gasteiger partial charge < -0.3 is 4.90 Å². The van der Waals surface area contributed by atoms with Crippen LogP contribution in [0.3, 0.4) is 0 Å². The molecule has 1 aliphatic rings. The number of nitrogens with zero attached hydrogens (tertiary/aromatic N) is 2. The standard InChI is InChI=1S/C18H13ClN4O4S2/c19-14-6-8-16(28-14)29(26,27)22-18(25)21-15-7-5-12(9-20-15)23-10-11-3-1-2-4-13(11)17(23)24/h1-9H,10H2,(H2,20,21,22,25). The maximum Gasteiger partial charge on any atom is 0.334 e. The zero-order valence-electron chi connectivity index (χ0n) is 14.6. The first kappa shape index (κ1) is 19.4. The Morgan fingerprint density at radius 1 is 1.14 bits per heavy atom. The predicted octanol–water partition coefficient (Wildman–Crippen LogP) is 3.47. The average molecular weight is 449 g/mol. The van der Waals surface area contributed by atoms with Gasteiger partial charge in [-0.15, -0.1) is 11.3 Å². The van der Waals surface area contributed by atoms with Crippen molar-refractivity contribution in [1.82, 2.24) is 9.71 Å². The highest BCUT2D eigenvalue weighted by molar-refractivity contribution is 7.92. The monoisotopic (exact) mass is 448 g/mol. The van der Waals surface area contributed by atoms with E-state index < -0.39 is 16.1 Å². The number of nitrogens with one attached hydrogen (secondary N) is 2. The molecule has 0 atom stereocenters. The lowest BCUT2D eigenvalue weighted by Gasteiger charge is -2.15. The van der Waals surface area contributed by atoms with Crippen molar-refractivity contribution >= 4 is 56.4 Å². The third-order valence-electron chi connectivity index (χ3n) is 4.16. The number of urea groups is 1. The fourth-order valence-corrected chi connectivity index (χ4v) is 5.23. The van der Waals surface area contributed by atoms with E-state index in [1.807, 2.05) is 22.9 Å². The molecule has 3 aromatic rings. The van der Waals surface area contributed by atoms with Crippen molar-refractivity contribution < 1.29 is 18.0 Å². The van der Waals surface area contributed by atoms with Crippen LogP contribution in [0, 0.1) is 0 Å². The van der Waals surface area contributed by atoms with E-state index in [1.165, 1.54) is 24.4 Å². The van der Waals surface area contributed by atoms with E-state index in [9.17, 15) is 18.0 Å². The van der Waals surface area contributed by atoms with E-state index in [0.29, 0.717) is 22.1 Å². The summed E-state index contributed by atoms with van der Waals surface area (Å²) in [6.07, 6.45) is 1.44. The molecule has 4 rings (SSSR count). The van der Waals surface area contributed by atoms with Gasteiger partial charge in [-0.3, -0.25) is 10.1 Å². The Labute approximate surface area is 175 Å². The van der Waals surface area contributed by atoms with Gasteiger partial charge in [0.2, 0.25) is 0 Å². The molecule has 1 aromatic carbocycles. The average Bonchev–Trinajstić information content (AvgIpc) is 3.27. The first-order chi connectivity index (χ1) is 13.8. The number of anilines is 2. The van der Waals surface area contributed by atoms with Crippen molar-refractivity contribution in [3.8, 4) is 0 Å². The zero-order valence-corrected chi connectivity index (χ0v) is 17.0. The van der Waals surface area contributed by atoms with E-state index in [2.05, 4.69) is 10.3 Å². The Kier molecular flexibility index (Phi) is 4.99. The van der Waals surface area contributed by atoms with Gasteiger partial charge in [0, 0.05) is 5.56 Å². The molecular weight excluding hydrogens is 436 g/mol. The summed E-state index contributed by atoms with van der Waals surface area (Å²) in [6.45, 7) is 0.436. The lowest BCUT2D eigenvalue weighted by molar-refractivity contribution is 0.0996. The molecular formula is C18H13ClN4O4S2. The van der Waals surface area contributed by atoms with E-state index in [1.54, 1.807) is 17.0 Å². The molecule has 148 valence electrons. The molecule has 29 heavy (non-hydrogen) atoms. The van der Waals surface area contributed by atoms with E-state index in [-0.39, 0.29) is 15.9 Å². The maximum absolute atomic E-state index is 12.5. The summed E-state index contributed by atoms with van der Waals surface area (Å²) in [5.74, 6) is 0.0105. The van der Waals surface area contributed by atoms with Crippen LogP contribution in [0.4, 0.5) is 16.3 Å². The normalized spacial score (nSPS) is 13.3. The lowest BCUT2D eigenvalue weighted by Crippen LogP contribution is -2.34. The van der Waals surface area contributed by atoms with Crippen LogP contribution >= 0.6 is 22.9 Å². The molecule has 1 aliphatic heterocycles. The van der Waals surface area contributed by atoms with Crippen LogP contribution in [-0.4, -0.2) is 25.3 Å². The van der Waals surface area contributed by atoms with Gasteiger partial charge in [-0.05, 0) is 35.9 Å². The van der Waals surface area contributed by atoms with Crippen molar-refractivity contribution in [1.29, 1.82) is 0 Å². The number of rotatable bonds is 4. The molecule has 0 saturated carbocycles. The van der Waals surface area contributed by atoms with Gasteiger partial charge in [0.1, 0.15) is 10.0 Å². The van der Waals surface area contributed by atoms with Gasteiger partial charge in [-0.25, -0.2) is 22.9 Å². The second-order valence-electron chi connectivity index (χ2n) is 6.07. The SMILES string of the molecule is O=C(Nc1ccc(N2Cc3ccccc3C2=O)cn1)NS(=O)(=O)c1ccc(Cl)s1. The third-order valence-corrected chi connectivity index (χ3v) is 7.22. The van der Waals surface area contributed by atoms with Gasteiger partial charge in [-0.1, -0.05) is 29.8 Å². The fraction of sp³-hybridized carbons (Fsp3) is 0.0556. The summed E-state index contributed by atoms with van der Waals surface area (Å²) < 4.78 is 26.4. The number of hydrogen-bond donors (Lipinski definition) is 2. The smallest absolute Gasteiger partial charge is 0.302 e. The number of fused-ring (bicyclic) bond motifs is 1. The van der Waals surface area contributed by atoms with Crippen LogP contribution in [-0.2, 0) is 16.6 Å². The van der Waals surface area contributed by atoms with Crippen LogP contribution < -0.4 is 14.9 Å². The number of halogens is 1. The number of aromatic nitrogens is 1. The molecule has 0 bridgehead atoms. The molecule has 11 heteroatoms. The maximum atomic E-state index is 12.5. The minimum absolute atomic E-state index is 0.0759. The first-order valence-corrected chi connectivity index (χ1v) is 11.0. The molecule has 0 radical (unpaired) electrons. The molecule has 0 saturated heterocycles. The van der Waals surface area contributed by atoms with Gasteiger partial charge >= 0.3 is 6.03 Å². The van der Waals surface area contributed by atoms with Crippen LogP contribution in [0.2, 0.25) is 4.34 Å². The number of sulfonamides is 1. The Hall–Kier alpha value is -2.95. The molecule has 0 unspecified atom stereocenters. The Morgan fingerprint density at radius 3 is 2.59 bits per heavy atom. The van der Waals surface area contributed by atoms with Crippen molar-refractivity contribution in [2.45, 2.75) is 10.8 Å². The van der Waals surface area contributed by atoms with E-state index in [4.69, 9.17) is 11.6 Å². The van der Waals surface area contributed by atoms with Crippen molar-refractivity contribution in [2.75, 3.05) is 10.2 Å². The Balaban J connectivity index is 1.42. The highest BCUT2D eigenvalue weighted by Crippen LogP contribution is 2.28. The summed E-state index contributed by atoms with van der Waals surface area (Å²) in [4.78, 5) is 30.2. The molecule has 2 aromatic heterocycles. The van der Waals surface area contributed by atoms with E-state index >= 15 is 0 Å². The highest BCUT2D eigenvalue weighted by Gasteiger charge is 2.28. The topological polar surface area (TPSA) is 108 Å². The Morgan fingerprint density at radius 2 is 1.93 bits per heavy atom. The first-order valence-electron chi connectivity index (χ1n) is 8.28. The van der Waals surface area contributed by atoms with Gasteiger partial charge in [0.05, 0.1) is 22.8 Å². The molecule has 2 N–H and O–H groups in total. The summed E-state index contributed by atoms with van der Waals surface area (Å²) in [5, 5.41) is 2.35. The minimum atomic E-state index is -4.03. The fourth-order valence-electron chi connectivity index (χ4n) is 2.84. The quantitative estimate of drug-likeness (QED) is 0.635. The number of hydrogen-bond acceptors (Lipinski definition) is 6. The van der Waals surface area contributed by atoms with Crippen molar-refractivity contribution in [3.05, 3.63) is 70.2 Å². The molecule has 8 nitrogen and oxygen atoms in total. The summed E-state index contributed by atoms with van der Waals surface area (Å²) in [5.41, 5.74) is 2.14. The second kappa shape index (κ2) is 7.47. The summed E-state index contributed by atoms with van der Waals surface area (Å²) in [7, 11) is -4.03. The molecule has 3 amide bonds. The zero-order chi connectivity index (χ0) is 20.6. The largest absolute Gasteiger partial charge is 0.334 e. The van der Waals surface area contributed by atoms with Crippen LogP contribution in [0.15, 0.2) is 58.9 Å². The number of benzene rings is 1. The third kappa shape index (κ3) is 3.95. The second-order valence-corrected chi connectivity index (χ2v) is 9.69. The number of amides is 3. The molecule has 0 spiro atoms. The predicted molar refractivity (Wildman–Crippen MR) is 110 cm³/mol. The van der Waals surface area contributed by atoms with Gasteiger partial charge in [0.15, 0.2) is 0 Å². The minimum Gasteiger partial charge on any atom is -0.302 e. The van der Waals surface area contributed by atoms with Crippen molar-refractivity contribution in [2.24, 2.45) is 0 Å². The van der Waals surface area contributed by atoms with Crippen LogP contribution in [0.5, 0.6) is 0 Å². The van der Waals surface area contributed by atoms with Crippen LogP contribution in [0.25, 0.3) is 0 Å². The number of carbonyl (C=O) groups is 2. The van der Waals surface area contributed by atoms with Crippen molar-refractivity contribution in [3.63, 3.8) is 0 Å². The van der Waals surface area contributed by atoms with Crippen LogP contribution in [0.1, 0.15) is 15.9 Å². The lowest BCUT2D eigenvalue weighted by atomic mass is 10.1. The molecule has 0 fully saturated rings. The summed E-state index contributed by atoms with van der Waals surface area (Å²) in [6, 6.07) is 12.2. The Bertz CT molecular complexity index is 1210. The summed E-state index contributed by atoms with van der Waals surface area (Å²) >= 11 is 6.57. The number of carbonyl (C=O) groups excluding carboxylic acids is 2. The number of pyridine rings is 1. The molecule has 0 aliphatic carbocycles. The number of thiophene rings is 1. The van der Waals surface area contributed by atoms with Gasteiger partial charge in [0.25, 0.3) is 15.9 Å². The highest BCUT2D eigenvalue weighted by atomic mass is 35.5. The van der Waals surface area contributed by atoms with E-state index in [0.717, 1.165) is 16.9 Å². The van der Waals surface area contributed by atoms with Gasteiger partial charge in [-0.2, -0.15) is 0 Å². The molecule has 3 heterocycles.